The van der Waals surface area contributed by atoms with E-state index in [1.807, 2.05) is 31.2 Å². The molecule has 0 aromatic carbocycles. The summed E-state index contributed by atoms with van der Waals surface area (Å²) >= 11 is 0. The Labute approximate surface area is 243 Å². The summed E-state index contributed by atoms with van der Waals surface area (Å²) in [5.41, 5.74) is 1.19. The van der Waals surface area contributed by atoms with Crippen LogP contribution in [0.5, 0.6) is 0 Å². The highest BCUT2D eigenvalue weighted by Gasteiger charge is 2.44. The highest BCUT2D eigenvalue weighted by atomic mass is 16.5. The number of ether oxygens (including phenoxy) is 1. The van der Waals surface area contributed by atoms with Crippen molar-refractivity contribution in [2.24, 2.45) is 5.92 Å². The van der Waals surface area contributed by atoms with Crippen molar-refractivity contribution in [1.29, 1.82) is 0 Å². The highest BCUT2D eigenvalue weighted by molar-refractivity contribution is 5.94. The van der Waals surface area contributed by atoms with E-state index >= 15 is 0 Å². The highest BCUT2D eigenvalue weighted by Crippen LogP contribution is 2.41. The van der Waals surface area contributed by atoms with Crippen molar-refractivity contribution < 1.29 is 14.3 Å². The van der Waals surface area contributed by atoms with Crippen LogP contribution in [-0.2, 0) is 15.3 Å². The van der Waals surface area contributed by atoms with Gasteiger partial charge in [-0.25, -0.2) is 4.79 Å². The second-order valence-corrected chi connectivity index (χ2v) is 12.0. The first kappa shape index (κ1) is 28.0. The molecular weight excluding hydrogens is 518 g/mol. The van der Waals surface area contributed by atoms with Crippen molar-refractivity contribution in [1.82, 2.24) is 35.6 Å². The minimum Gasteiger partial charge on any atom is -0.363 e. The topological polar surface area (TPSA) is 102 Å². The number of hydrogen-bond donors (Lipinski definition) is 3. The number of dihydropyridines is 1. The van der Waals surface area contributed by atoms with Gasteiger partial charge in [-0.2, -0.15) is 0 Å². The molecule has 10 heteroatoms. The molecule has 4 atom stereocenters. The fourth-order valence-corrected chi connectivity index (χ4v) is 7.04. The van der Waals surface area contributed by atoms with Gasteiger partial charge >= 0.3 is 6.03 Å². The van der Waals surface area contributed by atoms with E-state index in [1.54, 1.807) is 12.4 Å². The van der Waals surface area contributed by atoms with Crippen LogP contribution in [0.2, 0.25) is 0 Å². The Hall–Kier alpha value is -3.11. The quantitative estimate of drug-likeness (QED) is 0.447. The lowest BCUT2D eigenvalue weighted by molar-refractivity contribution is -0.120. The van der Waals surface area contributed by atoms with Crippen LogP contribution in [0, 0.1) is 5.92 Å². The molecule has 1 aliphatic carbocycles. The van der Waals surface area contributed by atoms with Gasteiger partial charge < -0.3 is 35.4 Å². The third kappa shape index (κ3) is 5.68. The standard InChI is InChI=1S/C31H45N7O3/c1-3-25-21-36(30(40)38-16-6-8-26(38)22-9-10-22)17-18-37(25)27-11-13-31(41-4-2,23-7-5-14-32-19-23)35-28(27)29(39)34-24-12-15-33-20-24/h5,7,11,13-14,19,22,24-26,33,35H,3-4,6,8-10,12,15-18,20-21H2,1-2H3,(H,34,39)/t24-,25-,26?,31?/m1/s1. The molecule has 5 heterocycles. The fourth-order valence-electron chi connectivity index (χ4n) is 7.04. The zero-order chi connectivity index (χ0) is 28.4. The maximum absolute atomic E-state index is 13.9. The summed E-state index contributed by atoms with van der Waals surface area (Å²) in [6.45, 7) is 9.08. The molecule has 0 spiro atoms. The lowest BCUT2D eigenvalue weighted by Crippen LogP contribution is -2.59. The molecule has 0 radical (unpaired) electrons. The molecule has 10 nitrogen and oxygen atoms in total. The molecule has 1 saturated carbocycles. The molecule has 2 unspecified atom stereocenters. The Morgan fingerprint density at radius 2 is 2.05 bits per heavy atom. The van der Waals surface area contributed by atoms with Gasteiger partial charge in [0.2, 0.25) is 0 Å². The van der Waals surface area contributed by atoms with Crippen LogP contribution in [0.4, 0.5) is 4.79 Å². The summed E-state index contributed by atoms with van der Waals surface area (Å²) in [5.74, 6) is 0.568. The smallest absolute Gasteiger partial charge is 0.320 e. The fraction of sp³-hybridized carbons (Fsp3) is 0.645. The summed E-state index contributed by atoms with van der Waals surface area (Å²) in [7, 11) is 0. The van der Waals surface area contributed by atoms with Gasteiger partial charge in [0.25, 0.3) is 5.91 Å². The van der Waals surface area contributed by atoms with Crippen molar-refractivity contribution in [2.75, 3.05) is 45.9 Å². The van der Waals surface area contributed by atoms with E-state index < -0.39 is 5.72 Å². The number of aromatic nitrogens is 1. The van der Waals surface area contributed by atoms with Gasteiger partial charge in [0.15, 0.2) is 5.72 Å². The van der Waals surface area contributed by atoms with Crippen molar-refractivity contribution in [3.63, 3.8) is 0 Å². The maximum atomic E-state index is 13.9. The molecule has 6 rings (SSSR count). The third-order valence-corrected chi connectivity index (χ3v) is 9.37. The van der Waals surface area contributed by atoms with Crippen LogP contribution in [0.15, 0.2) is 48.1 Å². The predicted octanol–water partition coefficient (Wildman–Crippen LogP) is 2.51. The number of amides is 3. The summed E-state index contributed by atoms with van der Waals surface area (Å²) in [4.78, 5) is 38.4. The van der Waals surface area contributed by atoms with Crippen molar-refractivity contribution >= 4 is 11.9 Å². The number of pyridine rings is 1. The molecule has 4 fully saturated rings. The van der Waals surface area contributed by atoms with Gasteiger partial charge in [0.1, 0.15) is 5.70 Å². The van der Waals surface area contributed by atoms with Gasteiger partial charge in [-0.3, -0.25) is 9.78 Å². The first-order valence-electron chi connectivity index (χ1n) is 15.6. The van der Waals surface area contributed by atoms with Crippen molar-refractivity contribution in [2.45, 2.75) is 76.2 Å². The van der Waals surface area contributed by atoms with Crippen LogP contribution in [0.25, 0.3) is 0 Å². The van der Waals surface area contributed by atoms with E-state index in [-0.39, 0.29) is 24.0 Å². The van der Waals surface area contributed by atoms with E-state index in [1.165, 1.54) is 12.8 Å². The van der Waals surface area contributed by atoms with Crippen LogP contribution in [0.3, 0.4) is 0 Å². The SMILES string of the molecule is CCOC1(c2cccnc2)C=CC(N2CCN(C(=O)N3CCCC3C3CC3)C[C@H]2CC)=C(C(=O)N[C@@H]2CCNC2)N1. The predicted molar refractivity (Wildman–Crippen MR) is 156 cm³/mol. The minimum absolute atomic E-state index is 0.0835. The van der Waals surface area contributed by atoms with E-state index in [4.69, 9.17) is 4.74 Å². The summed E-state index contributed by atoms with van der Waals surface area (Å²) in [6, 6.07) is 4.65. The molecule has 4 aliphatic heterocycles. The number of hydrogen-bond acceptors (Lipinski definition) is 7. The number of allylic oxidation sites excluding steroid dienone is 1. The number of likely N-dealkylation sites (tertiary alicyclic amines) is 1. The molecule has 3 amide bonds. The third-order valence-electron chi connectivity index (χ3n) is 9.37. The largest absolute Gasteiger partial charge is 0.363 e. The Bertz CT molecular complexity index is 1160. The van der Waals surface area contributed by atoms with Crippen LogP contribution in [0.1, 0.15) is 57.9 Å². The normalized spacial score (nSPS) is 30.1. The van der Waals surface area contributed by atoms with Gasteiger partial charge in [-0.15, -0.1) is 0 Å². The second kappa shape index (κ2) is 12.0. The van der Waals surface area contributed by atoms with Gasteiger partial charge in [0.05, 0.1) is 5.70 Å². The zero-order valence-corrected chi connectivity index (χ0v) is 24.5. The van der Waals surface area contributed by atoms with E-state index in [0.717, 1.165) is 56.6 Å². The number of carbonyl (C=O) groups is 2. The van der Waals surface area contributed by atoms with E-state index in [9.17, 15) is 9.59 Å². The number of nitrogens with zero attached hydrogens (tertiary/aromatic N) is 4. The molecule has 3 saturated heterocycles. The molecular formula is C31H45N7O3. The lowest BCUT2D eigenvalue weighted by atomic mass is 9.97. The summed E-state index contributed by atoms with van der Waals surface area (Å²) in [5, 5.41) is 10.1. The minimum atomic E-state index is -1.000. The average molecular weight is 564 g/mol. The number of rotatable bonds is 8. The number of carbonyl (C=O) groups excluding carboxylic acids is 2. The Kier molecular flexibility index (Phi) is 8.21. The van der Waals surface area contributed by atoms with Gasteiger partial charge in [-0.05, 0) is 76.1 Å². The lowest BCUT2D eigenvalue weighted by Gasteiger charge is -2.46. The molecule has 1 aromatic rings. The Balaban J connectivity index is 1.27. The van der Waals surface area contributed by atoms with Crippen LogP contribution >= 0.6 is 0 Å². The van der Waals surface area contributed by atoms with Crippen molar-refractivity contribution in [3.05, 3.63) is 53.6 Å². The summed E-state index contributed by atoms with van der Waals surface area (Å²) < 4.78 is 6.29. The molecule has 3 N–H and O–H groups in total. The number of urea groups is 1. The molecule has 41 heavy (non-hydrogen) atoms. The molecule has 222 valence electrons. The maximum Gasteiger partial charge on any atom is 0.320 e. The molecule has 1 aromatic heterocycles. The Morgan fingerprint density at radius 3 is 2.76 bits per heavy atom. The average Bonchev–Trinajstić information content (AvgIpc) is 3.50. The van der Waals surface area contributed by atoms with E-state index in [2.05, 4.69) is 42.6 Å². The molecule has 0 bridgehead atoms. The van der Waals surface area contributed by atoms with Gasteiger partial charge in [-0.1, -0.05) is 13.0 Å². The van der Waals surface area contributed by atoms with Crippen LogP contribution < -0.4 is 16.0 Å². The zero-order valence-electron chi connectivity index (χ0n) is 24.5. The Morgan fingerprint density at radius 1 is 1.17 bits per heavy atom. The monoisotopic (exact) mass is 563 g/mol. The van der Waals surface area contributed by atoms with Crippen LogP contribution in [-0.4, -0.2) is 95.6 Å². The molecule has 5 aliphatic rings. The van der Waals surface area contributed by atoms with Crippen molar-refractivity contribution in [3.8, 4) is 0 Å². The van der Waals surface area contributed by atoms with E-state index in [0.29, 0.717) is 43.9 Å². The second-order valence-electron chi connectivity index (χ2n) is 12.0. The van der Waals surface area contributed by atoms with Gasteiger partial charge in [0, 0.05) is 75.4 Å². The summed E-state index contributed by atoms with van der Waals surface area (Å²) in [6.07, 6.45) is 14.1. The first-order valence-corrected chi connectivity index (χ1v) is 15.6. The number of piperazine rings is 1. The first-order chi connectivity index (χ1) is 20.0. The number of nitrogens with one attached hydrogen (secondary N) is 3.